The molecule has 0 bridgehead atoms. The van der Waals surface area contributed by atoms with E-state index >= 15 is 0 Å². The lowest BCUT2D eigenvalue weighted by Gasteiger charge is -2.16. The molecule has 1 heterocycles. The second kappa shape index (κ2) is 6.19. The molecule has 2 amide bonds. The van der Waals surface area contributed by atoms with Crippen molar-refractivity contribution in [1.82, 2.24) is 9.88 Å². The van der Waals surface area contributed by atoms with E-state index in [1.165, 1.54) is 16.2 Å². The van der Waals surface area contributed by atoms with Crippen molar-refractivity contribution >= 4 is 28.5 Å². The van der Waals surface area contributed by atoms with Crippen molar-refractivity contribution in [3.63, 3.8) is 0 Å². The standard InChI is InChI=1S/C10H15N3O3S/c1-7-6-17-9(11-7)12-10(16)13(2)5-3-4-8(14)15/h6H,3-5H2,1-2H3,(H,14,15)(H,11,12,16). The predicted octanol–water partition coefficient (Wildman–Crippen LogP) is 1.78. The molecule has 0 saturated carbocycles. The maximum Gasteiger partial charge on any atom is 0.323 e. The summed E-state index contributed by atoms with van der Waals surface area (Å²) >= 11 is 1.36. The number of amides is 2. The zero-order valence-electron chi connectivity index (χ0n) is 9.77. The molecule has 0 aliphatic heterocycles. The molecule has 0 fully saturated rings. The Morgan fingerprint density at radius 1 is 1.59 bits per heavy atom. The van der Waals surface area contributed by atoms with Crippen LogP contribution in [0.3, 0.4) is 0 Å². The third-order valence-electron chi connectivity index (χ3n) is 2.06. The van der Waals surface area contributed by atoms with Crippen molar-refractivity contribution in [1.29, 1.82) is 0 Å². The molecule has 1 aromatic heterocycles. The summed E-state index contributed by atoms with van der Waals surface area (Å²) in [5, 5.41) is 13.5. The summed E-state index contributed by atoms with van der Waals surface area (Å²) in [5.74, 6) is -0.852. The SMILES string of the molecule is Cc1csc(NC(=O)N(C)CCCC(=O)O)n1. The minimum atomic E-state index is -0.852. The quantitative estimate of drug-likeness (QED) is 0.842. The second-order valence-corrected chi connectivity index (χ2v) is 4.50. The number of aliphatic carboxylic acids is 1. The van der Waals surface area contributed by atoms with Gasteiger partial charge < -0.3 is 10.0 Å². The Balaban J connectivity index is 2.34. The van der Waals surface area contributed by atoms with Crippen molar-refractivity contribution in [2.24, 2.45) is 0 Å². The van der Waals surface area contributed by atoms with Crippen molar-refractivity contribution < 1.29 is 14.7 Å². The summed E-state index contributed by atoms with van der Waals surface area (Å²) in [5.41, 5.74) is 0.860. The largest absolute Gasteiger partial charge is 0.481 e. The highest BCUT2D eigenvalue weighted by Gasteiger charge is 2.10. The first-order valence-corrected chi connectivity index (χ1v) is 6.03. The van der Waals surface area contributed by atoms with E-state index in [0.717, 1.165) is 5.69 Å². The molecular formula is C10H15N3O3S. The zero-order chi connectivity index (χ0) is 12.8. The van der Waals surface area contributed by atoms with E-state index in [1.54, 1.807) is 7.05 Å². The van der Waals surface area contributed by atoms with Gasteiger partial charge in [-0.15, -0.1) is 11.3 Å². The van der Waals surface area contributed by atoms with Gasteiger partial charge in [0.2, 0.25) is 0 Å². The van der Waals surface area contributed by atoms with Crippen LogP contribution in [-0.4, -0.2) is 40.6 Å². The van der Waals surface area contributed by atoms with Gasteiger partial charge in [-0.2, -0.15) is 0 Å². The number of nitrogens with one attached hydrogen (secondary N) is 1. The topological polar surface area (TPSA) is 82.5 Å². The van der Waals surface area contributed by atoms with Gasteiger partial charge in [0, 0.05) is 25.4 Å². The number of hydrogen-bond acceptors (Lipinski definition) is 4. The normalized spacial score (nSPS) is 10.0. The van der Waals surface area contributed by atoms with Crippen LogP contribution in [0.4, 0.5) is 9.93 Å². The fourth-order valence-electron chi connectivity index (χ4n) is 1.17. The summed E-state index contributed by atoms with van der Waals surface area (Å²) in [4.78, 5) is 27.5. The first-order valence-electron chi connectivity index (χ1n) is 5.15. The molecule has 6 nitrogen and oxygen atoms in total. The smallest absolute Gasteiger partial charge is 0.323 e. The van der Waals surface area contributed by atoms with Crippen molar-refractivity contribution in [2.45, 2.75) is 19.8 Å². The molecule has 1 rings (SSSR count). The van der Waals surface area contributed by atoms with Gasteiger partial charge in [0.25, 0.3) is 0 Å². The Hall–Kier alpha value is -1.63. The van der Waals surface area contributed by atoms with Crippen LogP contribution in [0.1, 0.15) is 18.5 Å². The van der Waals surface area contributed by atoms with Crippen LogP contribution in [0.15, 0.2) is 5.38 Å². The number of anilines is 1. The Bertz CT molecular complexity index is 405. The van der Waals surface area contributed by atoms with Crippen LogP contribution < -0.4 is 5.32 Å². The number of hydrogen-bond donors (Lipinski definition) is 2. The molecule has 0 aliphatic rings. The predicted molar refractivity (Wildman–Crippen MR) is 65.4 cm³/mol. The van der Waals surface area contributed by atoms with Gasteiger partial charge in [0.05, 0.1) is 5.69 Å². The molecule has 0 spiro atoms. The van der Waals surface area contributed by atoms with Crippen LogP contribution in [0, 0.1) is 6.92 Å². The highest BCUT2D eigenvalue weighted by molar-refractivity contribution is 7.13. The van der Waals surface area contributed by atoms with E-state index in [2.05, 4.69) is 10.3 Å². The lowest BCUT2D eigenvalue weighted by atomic mass is 10.3. The maximum atomic E-state index is 11.6. The Morgan fingerprint density at radius 3 is 2.82 bits per heavy atom. The van der Waals surface area contributed by atoms with Crippen LogP contribution in [0.5, 0.6) is 0 Å². The van der Waals surface area contributed by atoms with Gasteiger partial charge in [-0.25, -0.2) is 9.78 Å². The molecule has 0 saturated heterocycles. The minimum Gasteiger partial charge on any atom is -0.481 e. The molecule has 17 heavy (non-hydrogen) atoms. The third-order valence-corrected chi connectivity index (χ3v) is 2.94. The fourth-order valence-corrected chi connectivity index (χ4v) is 1.85. The Kier molecular flexibility index (Phi) is 4.89. The van der Waals surface area contributed by atoms with Crippen LogP contribution in [0.2, 0.25) is 0 Å². The van der Waals surface area contributed by atoms with Crippen LogP contribution >= 0.6 is 11.3 Å². The molecule has 0 radical (unpaired) electrons. The number of urea groups is 1. The number of carbonyl (C=O) groups excluding carboxylic acids is 1. The Morgan fingerprint density at radius 2 is 2.29 bits per heavy atom. The highest BCUT2D eigenvalue weighted by atomic mass is 32.1. The van der Waals surface area contributed by atoms with Gasteiger partial charge in [0.15, 0.2) is 5.13 Å². The van der Waals surface area contributed by atoms with E-state index in [-0.39, 0.29) is 12.5 Å². The zero-order valence-corrected chi connectivity index (χ0v) is 10.6. The van der Waals surface area contributed by atoms with E-state index in [4.69, 9.17) is 5.11 Å². The average molecular weight is 257 g/mol. The molecule has 0 atom stereocenters. The summed E-state index contributed by atoms with van der Waals surface area (Å²) in [6.07, 6.45) is 0.504. The number of carboxylic acids is 1. The first-order chi connectivity index (χ1) is 7.99. The number of aromatic nitrogens is 1. The number of rotatable bonds is 5. The maximum absolute atomic E-state index is 11.6. The lowest BCUT2D eigenvalue weighted by Crippen LogP contribution is -2.32. The summed E-state index contributed by atoms with van der Waals surface area (Å²) in [6, 6.07) is -0.273. The molecule has 0 aromatic carbocycles. The van der Waals surface area contributed by atoms with Crippen molar-refractivity contribution in [3.05, 3.63) is 11.1 Å². The van der Waals surface area contributed by atoms with Gasteiger partial charge in [-0.1, -0.05) is 0 Å². The van der Waals surface area contributed by atoms with E-state index < -0.39 is 5.97 Å². The fraction of sp³-hybridized carbons (Fsp3) is 0.500. The molecule has 94 valence electrons. The second-order valence-electron chi connectivity index (χ2n) is 3.64. The van der Waals surface area contributed by atoms with E-state index in [9.17, 15) is 9.59 Å². The summed E-state index contributed by atoms with van der Waals surface area (Å²) in [7, 11) is 1.62. The van der Waals surface area contributed by atoms with Crippen molar-refractivity contribution in [3.8, 4) is 0 Å². The highest BCUT2D eigenvalue weighted by Crippen LogP contribution is 2.14. The number of aryl methyl sites for hydroxylation is 1. The van der Waals surface area contributed by atoms with Gasteiger partial charge in [-0.3, -0.25) is 10.1 Å². The number of carboxylic acid groups (broad SMARTS) is 1. The summed E-state index contributed by atoms with van der Waals surface area (Å²) in [6.45, 7) is 2.26. The summed E-state index contributed by atoms with van der Waals surface area (Å²) < 4.78 is 0. The number of thiazole rings is 1. The number of carbonyl (C=O) groups is 2. The van der Waals surface area contributed by atoms with Crippen LogP contribution in [-0.2, 0) is 4.79 Å². The molecule has 0 unspecified atom stereocenters. The van der Waals surface area contributed by atoms with E-state index in [1.807, 2.05) is 12.3 Å². The molecule has 7 heteroatoms. The molecule has 1 aromatic rings. The van der Waals surface area contributed by atoms with Gasteiger partial charge in [0.1, 0.15) is 0 Å². The molecule has 2 N–H and O–H groups in total. The first kappa shape index (κ1) is 13.4. The number of nitrogens with zero attached hydrogens (tertiary/aromatic N) is 2. The molecule has 0 aliphatic carbocycles. The van der Waals surface area contributed by atoms with Gasteiger partial charge in [-0.05, 0) is 13.3 Å². The molecular weight excluding hydrogens is 242 g/mol. The van der Waals surface area contributed by atoms with Gasteiger partial charge >= 0.3 is 12.0 Å². The van der Waals surface area contributed by atoms with E-state index in [0.29, 0.717) is 18.1 Å². The minimum absolute atomic E-state index is 0.0635. The van der Waals surface area contributed by atoms with Crippen molar-refractivity contribution in [2.75, 3.05) is 18.9 Å². The Labute approximate surface area is 103 Å². The third kappa shape index (κ3) is 4.81. The lowest BCUT2D eigenvalue weighted by molar-refractivity contribution is -0.137. The average Bonchev–Trinajstić information content (AvgIpc) is 2.63. The van der Waals surface area contributed by atoms with Crippen LogP contribution in [0.25, 0.3) is 0 Å². The monoisotopic (exact) mass is 257 g/mol.